The molecule has 0 spiro atoms. The second-order valence-electron chi connectivity index (χ2n) is 4.52. The number of carboxylic acid groups (broad SMARTS) is 1. The monoisotopic (exact) mass is 366 g/mol. The van der Waals surface area contributed by atoms with Gasteiger partial charge >= 0.3 is 19.5 Å². The Bertz CT molecular complexity index is 862. The summed E-state index contributed by atoms with van der Waals surface area (Å²) in [4.78, 5) is 53.1. The molecule has 1 aromatic rings. The van der Waals surface area contributed by atoms with E-state index in [0.717, 1.165) is 0 Å². The number of phosphoric acid groups is 1. The van der Waals surface area contributed by atoms with E-state index in [-0.39, 0.29) is 0 Å². The molecule has 0 unspecified atom stereocenters. The number of nitrogens with one attached hydrogen (secondary N) is 1. The minimum absolute atomic E-state index is 0.356. The van der Waals surface area contributed by atoms with E-state index < -0.39 is 61.2 Å². The standard InChI is InChI=1S/C10H11N2O11P/c13-5-1-3(9(16)17)12(10(18)11-5)8-7(15)6(14)4(23-8)2-22-24(19,20)21/h1,7-8,14-15H,2H2,(H,16,17)(H,11,13,18)(H2,19,20,21)/t7-,8-/m1/s1. The molecule has 2 rings (SSSR count). The molecule has 0 fully saturated rings. The first-order valence-electron chi connectivity index (χ1n) is 6.07. The second kappa shape index (κ2) is 6.22. The van der Waals surface area contributed by atoms with Gasteiger partial charge in [0.05, 0.1) is 0 Å². The van der Waals surface area contributed by atoms with E-state index in [1.807, 2.05) is 0 Å². The zero-order chi connectivity index (χ0) is 18.2. The average molecular weight is 366 g/mol. The fourth-order valence-electron chi connectivity index (χ4n) is 1.94. The number of rotatable bonds is 5. The molecule has 13 nitrogen and oxygen atoms in total. The van der Waals surface area contributed by atoms with Gasteiger partial charge in [-0.3, -0.25) is 14.3 Å². The van der Waals surface area contributed by atoms with Gasteiger partial charge in [-0.1, -0.05) is 0 Å². The molecule has 2 atom stereocenters. The van der Waals surface area contributed by atoms with Crippen molar-refractivity contribution in [1.82, 2.24) is 9.55 Å². The number of aromatic nitrogens is 2. The highest BCUT2D eigenvalue weighted by molar-refractivity contribution is 7.46. The molecule has 0 aliphatic carbocycles. The van der Waals surface area contributed by atoms with E-state index in [4.69, 9.17) is 19.6 Å². The molecule has 6 N–H and O–H groups in total. The van der Waals surface area contributed by atoms with Gasteiger partial charge in [-0.2, -0.15) is 0 Å². The third-order valence-corrected chi connectivity index (χ3v) is 3.38. The van der Waals surface area contributed by atoms with Crippen LogP contribution in [0.15, 0.2) is 27.2 Å². The second-order valence-corrected chi connectivity index (χ2v) is 5.76. The Morgan fingerprint density at radius 1 is 1.42 bits per heavy atom. The van der Waals surface area contributed by atoms with Crippen LogP contribution in [0.4, 0.5) is 0 Å². The van der Waals surface area contributed by atoms with Gasteiger partial charge in [-0.05, 0) is 0 Å². The lowest BCUT2D eigenvalue weighted by molar-refractivity contribution is -0.0193. The van der Waals surface area contributed by atoms with E-state index in [1.165, 1.54) is 0 Å². The molecule has 1 aliphatic heterocycles. The van der Waals surface area contributed by atoms with E-state index in [2.05, 4.69) is 4.52 Å². The van der Waals surface area contributed by atoms with Crippen LogP contribution in [-0.4, -0.2) is 53.3 Å². The Hall–Kier alpha value is -2.44. The average Bonchev–Trinajstić information content (AvgIpc) is 2.71. The summed E-state index contributed by atoms with van der Waals surface area (Å²) in [5, 5.41) is 28.6. The number of H-pyrrole nitrogens is 1. The minimum Gasteiger partial charge on any atom is -0.506 e. The van der Waals surface area contributed by atoms with Crippen molar-refractivity contribution in [3.8, 4) is 0 Å². The minimum atomic E-state index is -4.91. The molecule has 0 bridgehead atoms. The van der Waals surface area contributed by atoms with E-state index in [0.29, 0.717) is 10.6 Å². The highest BCUT2D eigenvalue weighted by atomic mass is 31.2. The molecule has 0 saturated carbocycles. The van der Waals surface area contributed by atoms with Crippen molar-refractivity contribution < 1.29 is 43.7 Å². The third-order valence-electron chi connectivity index (χ3n) is 2.91. The fraction of sp³-hybridized carbons (Fsp3) is 0.300. The number of phosphoric ester groups is 1. The molecule has 0 aromatic carbocycles. The number of aromatic carboxylic acids is 1. The van der Waals surface area contributed by atoms with Crippen LogP contribution in [0.1, 0.15) is 16.7 Å². The molecular weight excluding hydrogens is 355 g/mol. The first kappa shape index (κ1) is 17.9. The number of carboxylic acids is 1. The summed E-state index contributed by atoms with van der Waals surface area (Å²) >= 11 is 0. The fourth-order valence-corrected chi connectivity index (χ4v) is 2.22. The van der Waals surface area contributed by atoms with Gasteiger partial charge in [0.2, 0.25) is 6.23 Å². The summed E-state index contributed by atoms with van der Waals surface area (Å²) in [6, 6.07) is 0.557. The number of aliphatic hydroxyl groups excluding tert-OH is 2. The quantitative estimate of drug-likeness (QED) is 0.314. The van der Waals surface area contributed by atoms with Gasteiger partial charge < -0.3 is 29.8 Å². The molecule has 24 heavy (non-hydrogen) atoms. The molecule has 1 aliphatic rings. The number of aromatic amines is 1. The predicted octanol–water partition coefficient (Wildman–Crippen LogP) is -2.00. The molecule has 14 heteroatoms. The van der Waals surface area contributed by atoms with Gasteiger partial charge in [0.25, 0.3) is 5.56 Å². The molecule has 1 aromatic heterocycles. The lowest BCUT2D eigenvalue weighted by Crippen LogP contribution is -2.39. The number of ether oxygens (including phenoxy) is 1. The Labute approximate surface area is 131 Å². The number of aliphatic hydroxyl groups is 2. The highest BCUT2D eigenvalue weighted by Gasteiger charge is 2.40. The number of hydrogen-bond acceptors (Lipinski definition) is 8. The van der Waals surface area contributed by atoms with E-state index >= 15 is 0 Å². The van der Waals surface area contributed by atoms with Gasteiger partial charge in [0.1, 0.15) is 12.3 Å². The number of nitrogens with zero attached hydrogens (tertiary/aromatic N) is 1. The van der Waals surface area contributed by atoms with Crippen LogP contribution in [0.25, 0.3) is 0 Å². The first-order valence-corrected chi connectivity index (χ1v) is 7.60. The molecule has 0 amide bonds. The lowest BCUT2D eigenvalue weighted by atomic mass is 10.2. The molecule has 2 heterocycles. The van der Waals surface area contributed by atoms with Crippen molar-refractivity contribution >= 4 is 13.8 Å². The number of carbonyl (C=O) groups is 1. The van der Waals surface area contributed by atoms with Crippen LogP contribution in [-0.2, 0) is 13.8 Å². The van der Waals surface area contributed by atoms with Crippen LogP contribution in [0.3, 0.4) is 0 Å². The van der Waals surface area contributed by atoms with Gasteiger partial charge in [-0.25, -0.2) is 18.7 Å². The number of hydrogen-bond donors (Lipinski definition) is 6. The van der Waals surface area contributed by atoms with Crippen molar-refractivity contribution in [3.63, 3.8) is 0 Å². The van der Waals surface area contributed by atoms with Crippen LogP contribution in [0, 0.1) is 0 Å². The summed E-state index contributed by atoms with van der Waals surface area (Å²) in [6.07, 6.45) is -3.74. The topological polar surface area (TPSA) is 209 Å². The molecule has 132 valence electrons. The smallest absolute Gasteiger partial charge is 0.470 e. The zero-order valence-corrected chi connectivity index (χ0v) is 12.4. The maximum absolute atomic E-state index is 11.8. The van der Waals surface area contributed by atoms with Gasteiger partial charge in [0, 0.05) is 6.07 Å². The maximum Gasteiger partial charge on any atom is 0.470 e. The zero-order valence-electron chi connectivity index (χ0n) is 11.5. The Balaban J connectivity index is 2.40. The Morgan fingerprint density at radius 2 is 2.04 bits per heavy atom. The maximum atomic E-state index is 11.8. The summed E-state index contributed by atoms with van der Waals surface area (Å²) < 4.78 is 20.1. The Morgan fingerprint density at radius 3 is 2.58 bits per heavy atom. The van der Waals surface area contributed by atoms with Gasteiger partial charge in [0.15, 0.2) is 17.6 Å². The Kier molecular flexibility index (Phi) is 4.64. The van der Waals surface area contributed by atoms with Crippen molar-refractivity contribution in [2.45, 2.75) is 12.3 Å². The summed E-state index contributed by atoms with van der Waals surface area (Å²) in [7, 11) is -4.91. The summed E-state index contributed by atoms with van der Waals surface area (Å²) in [6.45, 7) is -0.954. The van der Waals surface area contributed by atoms with Crippen LogP contribution in [0.2, 0.25) is 0 Å². The van der Waals surface area contributed by atoms with E-state index in [1.54, 1.807) is 4.98 Å². The SMILES string of the molecule is O=C(O)c1cc(=O)[nH]c(=O)n1[C@@H]1OC(COP(=O)(O)O)=C(O)[C@H]1O. The molecular formula is C10H11N2O11P. The van der Waals surface area contributed by atoms with Crippen LogP contribution < -0.4 is 11.2 Å². The third kappa shape index (κ3) is 3.55. The van der Waals surface area contributed by atoms with Crippen molar-refractivity contribution in [2.75, 3.05) is 6.61 Å². The first-order chi connectivity index (χ1) is 11.0. The van der Waals surface area contributed by atoms with Crippen LogP contribution in [0.5, 0.6) is 0 Å². The lowest BCUT2D eigenvalue weighted by Gasteiger charge is -2.19. The highest BCUT2D eigenvalue weighted by Crippen LogP contribution is 2.39. The summed E-state index contributed by atoms with van der Waals surface area (Å²) in [5.41, 5.74) is -3.09. The van der Waals surface area contributed by atoms with Crippen molar-refractivity contribution in [1.29, 1.82) is 0 Å². The van der Waals surface area contributed by atoms with E-state index in [9.17, 15) is 29.2 Å². The van der Waals surface area contributed by atoms with Gasteiger partial charge in [-0.15, -0.1) is 0 Å². The normalized spacial score (nSPS) is 21.0. The molecule has 0 saturated heterocycles. The van der Waals surface area contributed by atoms with Crippen LogP contribution >= 0.6 is 7.82 Å². The van der Waals surface area contributed by atoms with Crippen molar-refractivity contribution in [3.05, 3.63) is 44.1 Å². The largest absolute Gasteiger partial charge is 0.506 e. The van der Waals surface area contributed by atoms with Crippen molar-refractivity contribution in [2.24, 2.45) is 0 Å². The molecule has 0 radical (unpaired) electrons. The predicted molar refractivity (Wildman–Crippen MR) is 72.1 cm³/mol. The summed E-state index contributed by atoms with van der Waals surface area (Å²) in [5.74, 6) is -3.22.